The number of nitrogens with zero attached hydrogens (tertiary/aromatic N) is 2. The van der Waals surface area contributed by atoms with E-state index in [0.29, 0.717) is 61.4 Å². The lowest BCUT2D eigenvalue weighted by atomic mass is 9.87. The van der Waals surface area contributed by atoms with Crippen molar-refractivity contribution in [2.45, 2.75) is 119 Å². The summed E-state index contributed by atoms with van der Waals surface area (Å²) in [6.45, 7) is 3.24. The number of fused-ring (bicyclic) bond motifs is 5. The first-order chi connectivity index (χ1) is 25.2. The summed E-state index contributed by atoms with van der Waals surface area (Å²) in [4.78, 5) is 61.3. The number of carbonyl (C=O) groups is 4. The van der Waals surface area contributed by atoms with Crippen LogP contribution in [0.3, 0.4) is 0 Å². The van der Waals surface area contributed by atoms with Crippen LogP contribution in [0, 0.1) is 11.8 Å². The number of hydrogen-bond donors (Lipinski definition) is 2. The number of benzene rings is 1. The smallest absolute Gasteiger partial charge is 0.306 e. The van der Waals surface area contributed by atoms with Gasteiger partial charge in [-0.25, -0.2) is 22.2 Å². The van der Waals surface area contributed by atoms with Crippen molar-refractivity contribution >= 4 is 44.6 Å². The Balaban J connectivity index is 1.25. The van der Waals surface area contributed by atoms with Crippen molar-refractivity contribution in [2.75, 3.05) is 13.2 Å². The Bertz CT molecular complexity index is 1970. The maximum absolute atomic E-state index is 14.6. The van der Waals surface area contributed by atoms with E-state index in [1.165, 1.54) is 4.90 Å². The van der Waals surface area contributed by atoms with E-state index in [1.54, 1.807) is 38.1 Å². The second kappa shape index (κ2) is 13.9. The Morgan fingerprint density at radius 3 is 2.64 bits per heavy atom. The maximum atomic E-state index is 14.6. The van der Waals surface area contributed by atoms with Crippen molar-refractivity contribution < 1.29 is 45.9 Å². The zero-order valence-electron chi connectivity index (χ0n) is 30.0. The Morgan fingerprint density at radius 2 is 1.91 bits per heavy atom. The number of halogens is 2. The first-order valence-corrected chi connectivity index (χ1v) is 20.1. The van der Waals surface area contributed by atoms with Crippen LogP contribution in [-0.4, -0.2) is 77.1 Å². The van der Waals surface area contributed by atoms with E-state index in [4.69, 9.17) is 9.47 Å². The van der Waals surface area contributed by atoms with Crippen molar-refractivity contribution in [3.05, 3.63) is 47.7 Å². The Kier molecular flexibility index (Phi) is 9.77. The third-order valence-corrected chi connectivity index (χ3v) is 13.9. The first-order valence-electron chi connectivity index (χ1n) is 18.6. The molecule has 1 aromatic heterocycles. The third kappa shape index (κ3) is 7.01. The van der Waals surface area contributed by atoms with Gasteiger partial charge in [-0.1, -0.05) is 43.2 Å². The fourth-order valence-corrected chi connectivity index (χ4v) is 9.52. The SMILES string of the molecule is CCOC(=O)C[C@H]1CCCCC/C=C\[C@@H]2C[C@@]2(C(=O)NS(=O)(=O)C2(C)CC2)NC(=O)[C@@H]2C[C@]3(CCc4c(c(C(F)F)nc5ccccc45)O3)CN2C1=O. The van der Waals surface area contributed by atoms with E-state index in [1.807, 2.05) is 12.2 Å². The van der Waals surface area contributed by atoms with E-state index in [2.05, 4.69) is 15.0 Å². The van der Waals surface area contributed by atoms with Gasteiger partial charge in [-0.15, -0.1) is 0 Å². The molecule has 5 atom stereocenters. The molecule has 0 radical (unpaired) electrons. The lowest BCUT2D eigenvalue weighted by molar-refractivity contribution is -0.150. The van der Waals surface area contributed by atoms with Crippen LogP contribution >= 0.6 is 0 Å². The summed E-state index contributed by atoms with van der Waals surface area (Å²) in [7, 11) is -4.03. The number of pyridine rings is 1. The van der Waals surface area contributed by atoms with Gasteiger partial charge in [-0.3, -0.25) is 23.9 Å². The van der Waals surface area contributed by atoms with Crippen LogP contribution in [-0.2, 0) is 40.4 Å². The van der Waals surface area contributed by atoms with Crippen molar-refractivity contribution in [2.24, 2.45) is 11.8 Å². The zero-order chi connectivity index (χ0) is 37.8. The number of amides is 3. The van der Waals surface area contributed by atoms with Crippen molar-refractivity contribution in [3.63, 3.8) is 0 Å². The van der Waals surface area contributed by atoms with Crippen molar-refractivity contribution in [3.8, 4) is 5.75 Å². The molecule has 1 spiro atoms. The number of hydrogen-bond acceptors (Lipinski definition) is 9. The number of carbonyl (C=O) groups excluding carboxylic acids is 4. The third-order valence-electron chi connectivity index (χ3n) is 11.8. The van der Waals surface area contributed by atoms with Crippen LogP contribution in [0.2, 0.25) is 0 Å². The highest BCUT2D eigenvalue weighted by Crippen LogP contribution is 2.50. The van der Waals surface area contributed by atoms with Gasteiger partial charge in [0.05, 0.1) is 29.8 Å². The quantitative estimate of drug-likeness (QED) is 0.299. The molecule has 1 saturated heterocycles. The molecular weight excluding hydrogens is 711 g/mol. The number of para-hydroxylation sites is 1. The second-order valence-electron chi connectivity index (χ2n) is 15.5. The molecule has 3 fully saturated rings. The largest absolute Gasteiger partial charge is 0.483 e. The van der Waals surface area contributed by atoms with Gasteiger partial charge in [0.2, 0.25) is 21.8 Å². The minimum absolute atomic E-state index is 0.0642. The van der Waals surface area contributed by atoms with Crippen molar-refractivity contribution in [1.82, 2.24) is 19.9 Å². The van der Waals surface area contributed by atoms with Crippen LogP contribution < -0.4 is 14.8 Å². The highest BCUT2D eigenvalue weighted by atomic mass is 32.2. The lowest BCUT2D eigenvalue weighted by Gasteiger charge is -2.37. The number of rotatable bonds is 7. The first kappa shape index (κ1) is 37.2. The number of aromatic nitrogens is 1. The van der Waals surface area contributed by atoms with Crippen LogP contribution in [0.5, 0.6) is 5.75 Å². The second-order valence-corrected chi connectivity index (χ2v) is 17.7. The molecule has 0 unspecified atom stereocenters. The topological polar surface area (TPSA) is 161 Å². The molecule has 0 bridgehead atoms. The van der Waals surface area contributed by atoms with Gasteiger partial charge in [0.25, 0.3) is 12.3 Å². The molecule has 1 aromatic carbocycles. The molecule has 5 aliphatic rings. The van der Waals surface area contributed by atoms with Crippen LogP contribution in [0.4, 0.5) is 8.78 Å². The average Bonchev–Trinajstić information content (AvgIpc) is 4.01. The van der Waals surface area contributed by atoms with Gasteiger partial charge in [0, 0.05) is 29.2 Å². The predicted molar refractivity (Wildman–Crippen MR) is 189 cm³/mol. The summed E-state index contributed by atoms with van der Waals surface area (Å²) in [6.07, 6.45) is 5.30. The standard InChI is InChI=1S/C38H46F2N4O8S/c1-3-51-29(45)19-23-11-7-5-4-6-8-12-24-20-38(24,35(48)43-53(49,50)36(2)17-18-36)42-33(46)28-21-37(22-44(28)34(23)47)16-15-26-25-13-9-10-14-27(25)41-30(32(39)40)31(26)52-37/h8-10,12-14,23-24,28,32H,3-7,11,15-22H2,1-2H3,(H,42,46)(H,43,48)/b12-8-/t23-,24-,28+,37-,38-/m1/s1. The summed E-state index contributed by atoms with van der Waals surface area (Å²) in [5, 5.41) is 3.53. The highest BCUT2D eigenvalue weighted by Gasteiger charge is 2.64. The van der Waals surface area contributed by atoms with E-state index in [9.17, 15) is 36.4 Å². The lowest BCUT2D eigenvalue weighted by Crippen LogP contribution is -2.57. The van der Waals surface area contributed by atoms with Gasteiger partial charge in [0.15, 0.2) is 5.75 Å². The number of esters is 1. The molecular formula is C38H46F2N4O8S. The van der Waals surface area contributed by atoms with E-state index in [0.717, 1.165) is 12.8 Å². The highest BCUT2D eigenvalue weighted by molar-refractivity contribution is 7.91. The Hall–Kier alpha value is -4.14. The average molecular weight is 757 g/mol. The molecule has 2 saturated carbocycles. The summed E-state index contributed by atoms with van der Waals surface area (Å²) < 4.78 is 68.2. The zero-order valence-corrected chi connectivity index (χ0v) is 30.8. The normalized spacial score (nSPS) is 30.2. The molecule has 53 heavy (non-hydrogen) atoms. The van der Waals surface area contributed by atoms with Crippen LogP contribution in [0.15, 0.2) is 36.4 Å². The summed E-state index contributed by atoms with van der Waals surface area (Å²) in [5.41, 5.74) is -2.38. The molecule has 3 amide bonds. The van der Waals surface area contributed by atoms with Gasteiger partial charge in [0.1, 0.15) is 22.9 Å². The summed E-state index contributed by atoms with van der Waals surface area (Å²) in [5.74, 6) is -3.93. The fourth-order valence-electron chi connectivity index (χ4n) is 8.21. The van der Waals surface area contributed by atoms with E-state index >= 15 is 0 Å². The van der Waals surface area contributed by atoms with Gasteiger partial charge in [-0.05, 0) is 71.3 Å². The fraction of sp³-hybridized carbons (Fsp3) is 0.605. The monoisotopic (exact) mass is 756 g/mol. The molecule has 2 N–H and O–H groups in total. The van der Waals surface area contributed by atoms with Gasteiger partial charge < -0.3 is 19.7 Å². The number of allylic oxidation sites excluding steroid dienone is 1. The number of nitrogens with one attached hydrogen (secondary N) is 2. The molecule has 3 aliphatic heterocycles. The van der Waals surface area contributed by atoms with E-state index in [-0.39, 0.29) is 38.2 Å². The molecule has 4 heterocycles. The Morgan fingerprint density at radius 1 is 1.13 bits per heavy atom. The number of sulfonamides is 1. The number of ether oxygens (including phenoxy) is 2. The molecule has 7 rings (SSSR count). The number of alkyl halides is 2. The summed E-state index contributed by atoms with van der Waals surface area (Å²) >= 11 is 0. The number of aryl methyl sites for hydroxylation is 1. The summed E-state index contributed by atoms with van der Waals surface area (Å²) in [6, 6.07) is 5.75. The molecule has 2 aliphatic carbocycles. The van der Waals surface area contributed by atoms with E-state index < -0.39 is 79.6 Å². The molecule has 286 valence electrons. The minimum atomic E-state index is -4.03. The molecule has 2 aromatic rings. The maximum Gasteiger partial charge on any atom is 0.306 e. The van der Waals surface area contributed by atoms with Crippen molar-refractivity contribution in [1.29, 1.82) is 0 Å². The van der Waals surface area contributed by atoms with Gasteiger partial charge in [-0.2, -0.15) is 0 Å². The minimum Gasteiger partial charge on any atom is -0.483 e. The van der Waals surface area contributed by atoms with Crippen LogP contribution in [0.25, 0.3) is 10.9 Å². The van der Waals surface area contributed by atoms with Crippen LogP contribution in [0.1, 0.15) is 102 Å². The van der Waals surface area contributed by atoms with Gasteiger partial charge >= 0.3 is 5.97 Å². The Labute approximate surface area is 307 Å². The predicted octanol–water partition coefficient (Wildman–Crippen LogP) is 4.80. The molecule has 15 heteroatoms. The molecule has 12 nitrogen and oxygen atoms in total.